The molecule has 0 radical (unpaired) electrons. The van der Waals surface area contributed by atoms with Crippen molar-refractivity contribution in [3.05, 3.63) is 41.3 Å². The van der Waals surface area contributed by atoms with Crippen molar-refractivity contribution in [2.75, 3.05) is 11.9 Å². The molecule has 1 N–H and O–H groups in total. The van der Waals surface area contributed by atoms with Gasteiger partial charge in [0.15, 0.2) is 0 Å². The highest BCUT2D eigenvalue weighted by atomic mass is 79.9. The number of rotatable bonds is 4. The molecular weight excluding hydrogens is 350 g/mol. The number of nitrogens with zero attached hydrogens (tertiary/aromatic N) is 4. The number of aromatic nitrogens is 4. The Balaban J connectivity index is 2.00. The lowest BCUT2D eigenvalue weighted by molar-refractivity contribution is 0.994. The van der Waals surface area contributed by atoms with E-state index in [1.54, 1.807) is 12.5 Å². The first-order valence-electron chi connectivity index (χ1n) is 6.42. The van der Waals surface area contributed by atoms with Gasteiger partial charge in [-0.1, -0.05) is 18.2 Å². The Hall–Kier alpha value is -1.73. The van der Waals surface area contributed by atoms with Gasteiger partial charge in [0, 0.05) is 18.1 Å². The Morgan fingerprint density at radius 2 is 2.00 bits per heavy atom. The van der Waals surface area contributed by atoms with Crippen molar-refractivity contribution in [2.45, 2.75) is 17.0 Å². The summed E-state index contributed by atoms with van der Waals surface area (Å²) in [6.07, 6.45) is 3.32. The van der Waals surface area contributed by atoms with Gasteiger partial charge in [0.1, 0.15) is 16.4 Å². The highest BCUT2D eigenvalue weighted by Crippen LogP contribution is 2.34. The second-order valence-corrected chi connectivity index (χ2v) is 6.01. The molecule has 3 aromatic rings. The van der Waals surface area contributed by atoms with E-state index in [9.17, 15) is 0 Å². The lowest BCUT2D eigenvalue weighted by Gasteiger charge is -2.07. The minimum absolute atomic E-state index is 0.613. The van der Waals surface area contributed by atoms with Crippen LogP contribution in [0.15, 0.2) is 51.3 Å². The number of fused-ring (bicyclic) bond motifs is 1. The molecule has 0 unspecified atom stereocenters. The van der Waals surface area contributed by atoms with Crippen LogP contribution in [0.4, 0.5) is 5.95 Å². The third-order valence-electron chi connectivity index (χ3n) is 2.75. The molecule has 0 saturated heterocycles. The van der Waals surface area contributed by atoms with Gasteiger partial charge in [-0.25, -0.2) is 19.9 Å². The number of para-hydroxylation sites is 1. The number of anilines is 1. The van der Waals surface area contributed by atoms with Crippen molar-refractivity contribution in [3.63, 3.8) is 0 Å². The lowest BCUT2D eigenvalue weighted by Crippen LogP contribution is -2.02. The SMILES string of the molecule is CCNc1ncc(Br)c(Sc2ncnc3ccccc23)n1. The van der Waals surface area contributed by atoms with Crippen molar-refractivity contribution in [1.29, 1.82) is 0 Å². The molecule has 3 rings (SSSR count). The van der Waals surface area contributed by atoms with Gasteiger partial charge in [-0.15, -0.1) is 0 Å². The Bertz CT molecular complexity index is 775. The summed E-state index contributed by atoms with van der Waals surface area (Å²) in [5.74, 6) is 0.613. The summed E-state index contributed by atoms with van der Waals surface area (Å²) in [6, 6.07) is 7.93. The smallest absolute Gasteiger partial charge is 0.223 e. The Labute approximate surface area is 134 Å². The molecule has 2 aromatic heterocycles. The first kappa shape index (κ1) is 14.2. The minimum atomic E-state index is 0.613. The van der Waals surface area contributed by atoms with E-state index in [0.29, 0.717) is 5.95 Å². The van der Waals surface area contributed by atoms with Crippen LogP contribution in [0.2, 0.25) is 0 Å². The first-order chi connectivity index (χ1) is 10.3. The average molecular weight is 362 g/mol. The summed E-state index contributed by atoms with van der Waals surface area (Å²) < 4.78 is 0.844. The van der Waals surface area contributed by atoms with E-state index < -0.39 is 0 Å². The molecule has 21 heavy (non-hydrogen) atoms. The predicted molar refractivity (Wildman–Crippen MR) is 87.6 cm³/mol. The summed E-state index contributed by atoms with van der Waals surface area (Å²) in [7, 11) is 0. The van der Waals surface area contributed by atoms with Gasteiger partial charge in [-0.2, -0.15) is 0 Å². The maximum absolute atomic E-state index is 4.50. The standard InChI is InChI=1S/C14H12BrN5S/c1-2-16-14-17-7-10(15)13(20-14)21-12-9-5-3-4-6-11(9)18-8-19-12/h3-8H,2H2,1H3,(H,16,17,20). The quantitative estimate of drug-likeness (QED) is 0.713. The molecule has 7 heteroatoms. The number of benzene rings is 1. The maximum Gasteiger partial charge on any atom is 0.223 e. The second kappa shape index (κ2) is 6.36. The Kier molecular flexibility index (Phi) is 4.31. The van der Waals surface area contributed by atoms with Gasteiger partial charge in [0.25, 0.3) is 0 Å². The third-order valence-corrected chi connectivity index (χ3v) is 4.61. The molecule has 2 heterocycles. The summed E-state index contributed by atoms with van der Waals surface area (Å²) in [5, 5.41) is 5.82. The molecule has 0 atom stereocenters. The monoisotopic (exact) mass is 361 g/mol. The maximum atomic E-state index is 4.50. The van der Waals surface area contributed by atoms with E-state index >= 15 is 0 Å². The first-order valence-corrected chi connectivity index (χ1v) is 8.03. The van der Waals surface area contributed by atoms with Gasteiger partial charge in [0.2, 0.25) is 5.95 Å². The zero-order valence-electron chi connectivity index (χ0n) is 11.2. The van der Waals surface area contributed by atoms with Crippen LogP contribution in [0.3, 0.4) is 0 Å². The second-order valence-electron chi connectivity index (χ2n) is 4.18. The zero-order valence-corrected chi connectivity index (χ0v) is 13.6. The van der Waals surface area contributed by atoms with E-state index in [1.807, 2.05) is 31.2 Å². The minimum Gasteiger partial charge on any atom is -0.354 e. The summed E-state index contributed by atoms with van der Waals surface area (Å²) in [6.45, 7) is 2.79. The molecule has 0 saturated carbocycles. The summed E-state index contributed by atoms with van der Waals surface area (Å²) in [5.41, 5.74) is 0.923. The zero-order chi connectivity index (χ0) is 14.7. The van der Waals surface area contributed by atoms with Crippen LogP contribution in [-0.4, -0.2) is 26.5 Å². The van der Waals surface area contributed by atoms with E-state index in [-0.39, 0.29) is 0 Å². The van der Waals surface area contributed by atoms with Crippen LogP contribution in [0.1, 0.15) is 6.92 Å². The van der Waals surface area contributed by atoms with Gasteiger partial charge < -0.3 is 5.32 Å². The summed E-state index contributed by atoms with van der Waals surface area (Å²) >= 11 is 4.98. The fourth-order valence-corrected chi connectivity index (χ4v) is 3.10. The fourth-order valence-electron chi connectivity index (χ4n) is 1.82. The molecule has 0 aliphatic heterocycles. The molecule has 0 amide bonds. The fraction of sp³-hybridized carbons (Fsp3) is 0.143. The predicted octanol–water partition coefficient (Wildman–Crippen LogP) is 3.77. The van der Waals surface area contributed by atoms with Crippen LogP contribution in [-0.2, 0) is 0 Å². The molecule has 0 spiro atoms. The van der Waals surface area contributed by atoms with Gasteiger partial charge in [0.05, 0.1) is 9.99 Å². The van der Waals surface area contributed by atoms with E-state index in [1.165, 1.54) is 11.8 Å². The molecule has 1 aromatic carbocycles. The van der Waals surface area contributed by atoms with Crippen molar-refractivity contribution < 1.29 is 0 Å². The largest absolute Gasteiger partial charge is 0.354 e. The average Bonchev–Trinajstić information content (AvgIpc) is 2.51. The van der Waals surface area contributed by atoms with Crippen LogP contribution in [0.25, 0.3) is 10.9 Å². The van der Waals surface area contributed by atoms with Crippen molar-refractivity contribution in [1.82, 2.24) is 19.9 Å². The molecule has 0 bridgehead atoms. The van der Waals surface area contributed by atoms with Crippen LogP contribution in [0, 0.1) is 0 Å². The lowest BCUT2D eigenvalue weighted by atomic mass is 10.2. The third kappa shape index (κ3) is 3.14. The molecule has 0 fully saturated rings. The molecule has 0 aliphatic rings. The number of nitrogens with one attached hydrogen (secondary N) is 1. The number of hydrogen-bond acceptors (Lipinski definition) is 6. The van der Waals surface area contributed by atoms with Crippen LogP contribution >= 0.6 is 27.7 Å². The van der Waals surface area contributed by atoms with Gasteiger partial charge >= 0.3 is 0 Å². The Morgan fingerprint density at radius 3 is 2.86 bits per heavy atom. The summed E-state index contributed by atoms with van der Waals surface area (Å²) in [4.78, 5) is 17.4. The highest BCUT2D eigenvalue weighted by molar-refractivity contribution is 9.10. The van der Waals surface area contributed by atoms with Crippen molar-refractivity contribution in [3.8, 4) is 0 Å². The van der Waals surface area contributed by atoms with Gasteiger partial charge in [-0.3, -0.25) is 0 Å². The normalized spacial score (nSPS) is 10.8. The number of hydrogen-bond donors (Lipinski definition) is 1. The van der Waals surface area contributed by atoms with Crippen molar-refractivity contribution >= 4 is 44.5 Å². The highest BCUT2D eigenvalue weighted by Gasteiger charge is 2.10. The Morgan fingerprint density at radius 1 is 1.14 bits per heavy atom. The molecular formula is C14H12BrN5S. The molecule has 0 aliphatic carbocycles. The van der Waals surface area contributed by atoms with E-state index in [2.05, 4.69) is 41.2 Å². The van der Waals surface area contributed by atoms with Crippen LogP contribution < -0.4 is 5.32 Å². The molecule has 106 valence electrons. The van der Waals surface area contributed by atoms with Crippen LogP contribution in [0.5, 0.6) is 0 Å². The van der Waals surface area contributed by atoms with E-state index in [0.717, 1.165) is 32.0 Å². The van der Waals surface area contributed by atoms with E-state index in [4.69, 9.17) is 0 Å². The van der Waals surface area contributed by atoms with Crippen molar-refractivity contribution in [2.24, 2.45) is 0 Å². The number of halogens is 1. The topological polar surface area (TPSA) is 63.6 Å². The molecule has 5 nitrogen and oxygen atoms in total. The van der Waals surface area contributed by atoms with Gasteiger partial charge in [-0.05, 0) is 40.7 Å².